The lowest BCUT2D eigenvalue weighted by atomic mass is 10.1. The van der Waals surface area contributed by atoms with Crippen molar-refractivity contribution in [1.82, 2.24) is 25.1 Å². The monoisotopic (exact) mass is 438 g/mol. The third-order valence-electron chi connectivity index (χ3n) is 6.26. The van der Waals surface area contributed by atoms with Gasteiger partial charge in [0.15, 0.2) is 5.82 Å². The number of morpholine rings is 1. The van der Waals surface area contributed by atoms with Crippen molar-refractivity contribution in [3.05, 3.63) is 41.6 Å². The van der Waals surface area contributed by atoms with Crippen molar-refractivity contribution in [3.63, 3.8) is 0 Å². The van der Waals surface area contributed by atoms with E-state index >= 15 is 0 Å². The maximum Gasteiger partial charge on any atom is 0.256 e. The molecule has 8 nitrogen and oxygen atoms in total. The maximum atomic E-state index is 13.1. The number of hydrogen-bond donors (Lipinski definition) is 1. The number of aryl methyl sites for hydroxylation is 1. The van der Waals surface area contributed by atoms with E-state index < -0.39 is 0 Å². The van der Waals surface area contributed by atoms with Crippen molar-refractivity contribution in [2.75, 3.05) is 77.0 Å². The number of benzene rings is 1. The zero-order valence-corrected chi connectivity index (χ0v) is 19.2. The van der Waals surface area contributed by atoms with Crippen LogP contribution in [0.5, 0.6) is 0 Å². The number of aromatic nitrogens is 2. The smallest absolute Gasteiger partial charge is 0.256 e. The molecule has 0 aliphatic carbocycles. The molecule has 0 atom stereocenters. The molecule has 4 rings (SSSR count). The predicted molar refractivity (Wildman–Crippen MR) is 126 cm³/mol. The predicted octanol–water partition coefficient (Wildman–Crippen LogP) is 1.66. The van der Waals surface area contributed by atoms with Crippen LogP contribution in [0.25, 0.3) is 11.4 Å². The van der Waals surface area contributed by atoms with Crippen LogP contribution < -0.4 is 10.2 Å². The highest BCUT2D eigenvalue weighted by Crippen LogP contribution is 2.24. The Labute approximate surface area is 190 Å². The Morgan fingerprint density at radius 1 is 1.03 bits per heavy atom. The van der Waals surface area contributed by atoms with E-state index in [9.17, 15) is 4.79 Å². The molecule has 0 bridgehead atoms. The Morgan fingerprint density at radius 2 is 1.75 bits per heavy atom. The zero-order chi connectivity index (χ0) is 22.3. The highest BCUT2D eigenvalue weighted by atomic mass is 16.5. The van der Waals surface area contributed by atoms with Gasteiger partial charge in [-0.1, -0.05) is 36.8 Å². The topological polar surface area (TPSA) is 73.8 Å². The first-order chi connectivity index (χ1) is 15.6. The summed E-state index contributed by atoms with van der Waals surface area (Å²) in [6.07, 6.45) is 1.69. The molecule has 2 saturated heterocycles. The Hall–Kier alpha value is -2.55. The molecule has 1 N–H and O–H groups in total. The molecule has 1 amide bonds. The van der Waals surface area contributed by atoms with Crippen LogP contribution in [0.2, 0.25) is 0 Å². The number of amides is 1. The van der Waals surface area contributed by atoms with Gasteiger partial charge in [0.1, 0.15) is 11.4 Å². The maximum absolute atomic E-state index is 13.1. The van der Waals surface area contributed by atoms with Crippen LogP contribution in [0.1, 0.15) is 22.8 Å². The van der Waals surface area contributed by atoms with Crippen LogP contribution in [0.15, 0.2) is 30.5 Å². The first kappa shape index (κ1) is 22.6. The fourth-order valence-electron chi connectivity index (χ4n) is 4.14. The van der Waals surface area contributed by atoms with E-state index in [-0.39, 0.29) is 5.91 Å². The number of nitrogens with zero attached hydrogens (tertiary/aromatic N) is 5. The Bertz CT molecular complexity index is 890. The number of anilines is 1. The number of hydrogen-bond acceptors (Lipinski definition) is 7. The van der Waals surface area contributed by atoms with Crippen LogP contribution >= 0.6 is 0 Å². The van der Waals surface area contributed by atoms with Crippen LogP contribution in [-0.4, -0.2) is 97.8 Å². The molecular weight excluding hydrogens is 404 g/mol. The molecule has 0 spiro atoms. The van der Waals surface area contributed by atoms with Gasteiger partial charge in [-0.05, 0) is 13.5 Å². The van der Waals surface area contributed by atoms with Crippen molar-refractivity contribution in [1.29, 1.82) is 0 Å². The van der Waals surface area contributed by atoms with Gasteiger partial charge >= 0.3 is 0 Å². The summed E-state index contributed by atoms with van der Waals surface area (Å²) in [6, 6.07) is 8.19. The summed E-state index contributed by atoms with van der Waals surface area (Å²) >= 11 is 0. The second-order valence-electron chi connectivity index (χ2n) is 8.43. The average molecular weight is 439 g/mol. The van der Waals surface area contributed by atoms with Gasteiger partial charge in [-0.3, -0.25) is 9.69 Å². The summed E-state index contributed by atoms with van der Waals surface area (Å²) in [4.78, 5) is 29.5. The van der Waals surface area contributed by atoms with Crippen LogP contribution in [0.3, 0.4) is 0 Å². The first-order valence-corrected chi connectivity index (χ1v) is 11.6. The Balaban J connectivity index is 1.51. The van der Waals surface area contributed by atoms with Gasteiger partial charge < -0.3 is 19.9 Å². The van der Waals surface area contributed by atoms with Gasteiger partial charge in [-0.15, -0.1) is 0 Å². The van der Waals surface area contributed by atoms with Crippen LogP contribution in [0, 0.1) is 6.92 Å². The second kappa shape index (κ2) is 10.8. The van der Waals surface area contributed by atoms with Gasteiger partial charge in [0.05, 0.1) is 13.2 Å². The molecule has 1 aromatic carbocycles. The van der Waals surface area contributed by atoms with E-state index in [2.05, 4.69) is 51.0 Å². The molecular formula is C24H34N6O2. The van der Waals surface area contributed by atoms with E-state index in [0.717, 1.165) is 77.0 Å². The van der Waals surface area contributed by atoms with Crippen LogP contribution in [-0.2, 0) is 4.74 Å². The quantitative estimate of drug-likeness (QED) is 0.705. The number of ether oxygens (including phenoxy) is 1. The lowest BCUT2D eigenvalue weighted by Crippen LogP contribution is -2.47. The van der Waals surface area contributed by atoms with E-state index in [1.165, 1.54) is 5.56 Å². The standard InChI is InChI=1S/C24H34N6O2/c1-3-28-10-12-30(13-11-28)23-21(24(31)25-8-9-29-14-16-32-17-15-29)18-26-22(27-23)20-6-4-19(2)5-7-20/h4-7,18H,3,8-17H2,1-2H3,(H,25,31). The summed E-state index contributed by atoms with van der Waals surface area (Å²) in [6.45, 7) is 13.7. The molecule has 2 aromatic rings. The number of piperazine rings is 1. The number of carbonyl (C=O) groups excluding carboxylic acids is 1. The molecule has 2 aliphatic rings. The zero-order valence-electron chi connectivity index (χ0n) is 19.2. The minimum absolute atomic E-state index is 0.110. The minimum Gasteiger partial charge on any atom is -0.379 e. The summed E-state index contributed by atoms with van der Waals surface area (Å²) in [7, 11) is 0. The molecule has 0 saturated carbocycles. The van der Waals surface area contributed by atoms with Gasteiger partial charge in [0.25, 0.3) is 5.91 Å². The lowest BCUT2D eigenvalue weighted by molar-refractivity contribution is 0.0383. The molecule has 3 heterocycles. The average Bonchev–Trinajstić information content (AvgIpc) is 2.85. The number of nitrogens with one attached hydrogen (secondary N) is 1. The van der Waals surface area contributed by atoms with Crippen molar-refractivity contribution in [2.24, 2.45) is 0 Å². The third kappa shape index (κ3) is 5.62. The number of rotatable bonds is 7. The van der Waals surface area contributed by atoms with E-state index in [4.69, 9.17) is 9.72 Å². The molecule has 172 valence electrons. The first-order valence-electron chi connectivity index (χ1n) is 11.6. The van der Waals surface area contributed by atoms with Crippen molar-refractivity contribution < 1.29 is 9.53 Å². The van der Waals surface area contributed by atoms with E-state index in [1.54, 1.807) is 6.20 Å². The highest BCUT2D eigenvalue weighted by molar-refractivity contribution is 5.99. The highest BCUT2D eigenvalue weighted by Gasteiger charge is 2.24. The summed E-state index contributed by atoms with van der Waals surface area (Å²) in [5.41, 5.74) is 2.71. The van der Waals surface area contributed by atoms with Gasteiger partial charge in [-0.25, -0.2) is 9.97 Å². The molecule has 8 heteroatoms. The van der Waals surface area contributed by atoms with Gasteiger partial charge in [-0.2, -0.15) is 0 Å². The lowest BCUT2D eigenvalue weighted by Gasteiger charge is -2.35. The summed E-state index contributed by atoms with van der Waals surface area (Å²) in [5.74, 6) is 1.28. The Morgan fingerprint density at radius 3 is 2.44 bits per heavy atom. The fourth-order valence-corrected chi connectivity index (χ4v) is 4.14. The van der Waals surface area contributed by atoms with Crippen molar-refractivity contribution >= 4 is 11.7 Å². The SMILES string of the molecule is CCN1CCN(c2nc(-c3ccc(C)cc3)ncc2C(=O)NCCN2CCOCC2)CC1. The van der Waals surface area contributed by atoms with Gasteiger partial charge in [0.2, 0.25) is 0 Å². The second-order valence-corrected chi connectivity index (χ2v) is 8.43. The number of likely N-dealkylation sites (N-methyl/N-ethyl adjacent to an activating group) is 1. The van der Waals surface area contributed by atoms with Crippen molar-refractivity contribution in [3.8, 4) is 11.4 Å². The largest absolute Gasteiger partial charge is 0.379 e. The summed E-state index contributed by atoms with van der Waals surface area (Å²) < 4.78 is 5.39. The third-order valence-corrected chi connectivity index (χ3v) is 6.26. The Kier molecular flexibility index (Phi) is 7.68. The van der Waals surface area contributed by atoms with E-state index in [1.807, 2.05) is 12.1 Å². The van der Waals surface area contributed by atoms with E-state index in [0.29, 0.717) is 17.9 Å². The minimum atomic E-state index is -0.110. The fraction of sp³-hybridized carbons (Fsp3) is 0.542. The molecule has 32 heavy (non-hydrogen) atoms. The molecule has 2 fully saturated rings. The molecule has 1 aromatic heterocycles. The number of carbonyl (C=O) groups is 1. The molecule has 2 aliphatic heterocycles. The molecule has 0 unspecified atom stereocenters. The van der Waals surface area contributed by atoms with Gasteiger partial charge in [0, 0.05) is 64.1 Å². The summed E-state index contributed by atoms with van der Waals surface area (Å²) in [5, 5.41) is 3.07. The normalized spacial score (nSPS) is 18.0. The van der Waals surface area contributed by atoms with Crippen molar-refractivity contribution in [2.45, 2.75) is 13.8 Å². The van der Waals surface area contributed by atoms with Crippen LogP contribution in [0.4, 0.5) is 5.82 Å². The molecule has 0 radical (unpaired) electrons.